The number of methoxy groups -OCH3 is 1. The number of carbonyl (C=O) groups is 2. The van der Waals surface area contributed by atoms with E-state index in [2.05, 4.69) is 14.9 Å². The highest BCUT2D eigenvalue weighted by Gasteiger charge is 2.22. The lowest BCUT2D eigenvalue weighted by Gasteiger charge is -2.36. The summed E-state index contributed by atoms with van der Waals surface area (Å²) >= 11 is 1.20. The first-order valence-corrected chi connectivity index (χ1v) is 10.6. The van der Waals surface area contributed by atoms with Crippen molar-refractivity contribution in [3.8, 4) is 5.75 Å². The van der Waals surface area contributed by atoms with Gasteiger partial charge in [0.1, 0.15) is 17.1 Å². The van der Waals surface area contributed by atoms with E-state index in [0.29, 0.717) is 18.2 Å². The highest BCUT2D eigenvalue weighted by Crippen LogP contribution is 2.22. The van der Waals surface area contributed by atoms with Gasteiger partial charge in [-0.2, -0.15) is 0 Å². The number of carbonyl (C=O) groups excluding carboxylic acids is 2. The lowest BCUT2D eigenvalue weighted by atomic mass is 10.2. The average molecular weight is 432 g/mol. The third kappa shape index (κ3) is 5.32. The summed E-state index contributed by atoms with van der Waals surface area (Å²) in [6, 6.07) is 7.91. The molecule has 1 aromatic heterocycles. The summed E-state index contributed by atoms with van der Waals surface area (Å²) in [5.41, 5.74) is 7.06. The second kappa shape index (κ2) is 10.1. The molecule has 9 nitrogen and oxygen atoms in total. The average Bonchev–Trinajstić information content (AvgIpc) is 2.78. The number of amides is 1. The summed E-state index contributed by atoms with van der Waals surface area (Å²) in [6.07, 6.45) is 1.33. The van der Waals surface area contributed by atoms with E-state index < -0.39 is 5.97 Å². The number of hydrogen-bond donors (Lipinski definition) is 1. The van der Waals surface area contributed by atoms with E-state index in [0.717, 1.165) is 24.5 Å². The van der Waals surface area contributed by atoms with Gasteiger partial charge in [-0.15, -0.1) is 0 Å². The minimum Gasteiger partial charge on any atom is -0.497 e. The van der Waals surface area contributed by atoms with Crippen LogP contribution in [0.3, 0.4) is 0 Å². The maximum absolute atomic E-state index is 12.6. The van der Waals surface area contributed by atoms with Crippen molar-refractivity contribution >= 4 is 35.1 Å². The number of nitrogens with two attached hydrogens (primary N) is 1. The van der Waals surface area contributed by atoms with E-state index in [-0.39, 0.29) is 29.6 Å². The van der Waals surface area contributed by atoms with Gasteiger partial charge >= 0.3 is 5.97 Å². The van der Waals surface area contributed by atoms with Gasteiger partial charge in [0.05, 0.1) is 19.5 Å². The Morgan fingerprint density at radius 3 is 2.47 bits per heavy atom. The standard InChI is InChI=1S/C20H25N5O4S/c1-3-29-19(27)16-12-22-20(23-18(16)21)30-13-17(26)25-10-8-24(9-11-25)14-4-6-15(28-2)7-5-14/h4-7,12H,3,8-11,13H2,1-2H3,(H2,21,22,23). The van der Waals surface area contributed by atoms with Crippen LogP contribution in [0.2, 0.25) is 0 Å². The molecule has 1 amide bonds. The van der Waals surface area contributed by atoms with E-state index in [4.69, 9.17) is 15.2 Å². The molecule has 0 spiro atoms. The number of esters is 1. The first kappa shape index (κ1) is 21.7. The van der Waals surface area contributed by atoms with Gasteiger partial charge in [-0.3, -0.25) is 4.79 Å². The van der Waals surface area contributed by atoms with E-state index in [1.165, 1.54) is 18.0 Å². The summed E-state index contributed by atoms with van der Waals surface area (Å²) in [7, 11) is 1.64. The van der Waals surface area contributed by atoms with Crippen molar-refractivity contribution in [3.63, 3.8) is 0 Å². The third-order valence-corrected chi connectivity index (χ3v) is 5.53. The third-order valence-electron chi connectivity index (χ3n) is 4.69. The van der Waals surface area contributed by atoms with Crippen LogP contribution in [0.4, 0.5) is 11.5 Å². The fourth-order valence-electron chi connectivity index (χ4n) is 3.04. The smallest absolute Gasteiger partial charge is 0.343 e. The van der Waals surface area contributed by atoms with Crippen LogP contribution in [-0.4, -0.2) is 72.4 Å². The Balaban J connectivity index is 1.49. The Labute approximate surface area is 179 Å². The molecule has 1 fully saturated rings. The molecule has 0 bridgehead atoms. The predicted octanol–water partition coefficient (Wildman–Crippen LogP) is 1.69. The molecule has 10 heteroatoms. The molecule has 0 aliphatic carbocycles. The lowest BCUT2D eigenvalue weighted by Crippen LogP contribution is -2.49. The molecule has 2 aromatic rings. The van der Waals surface area contributed by atoms with Gasteiger partial charge in [-0.25, -0.2) is 14.8 Å². The minimum atomic E-state index is -0.558. The Bertz CT molecular complexity index is 885. The molecule has 0 atom stereocenters. The topological polar surface area (TPSA) is 111 Å². The van der Waals surface area contributed by atoms with Crippen molar-refractivity contribution in [3.05, 3.63) is 36.0 Å². The van der Waals surface area contributed by atoms with Crippen LogP contribution in [0.5, 0.6) is 5.75 Å². The van der Waals surface area contributed by atoms with Crippen molar-refractivity contribution in [2.24, 2.45) is 0 Å². The maximum Gasteiger partial charge on any atom is 0.343 e. The van der Waals surface area contributed by atoms with Crippen LogP contribution in [0.1, 0.15) is 17.3 Å². The zero-order valence-electron chi connectivity index (χ0n) is 17.0. The molecule has 1 aromatic carbocycles. The maximum atomic E-state index is 12.6. The van der Waals surface area contributed by atoms with Gasteiger partial charge in [0.25, 0.3) is 0 Å². The summed E-state index contributed by atoms with van der Waals surface area (Å²) in [5, 5.41) is 0.353. The van der Waals surface area contributed by atoms with Crippen molar-refractivity contribution < 1.29 is 19.1 Å². The number of thioether (sulfide) groups is 1. The molecule has 160 valence electrons. The molecule has 0 saturated carbocycles. The monoisotopic (exact) mass is 431 g/mol. The van der Waals surface area contributed by atoms with Gasteiger partial charge in [0, 0.05) is 38.1 Å². The van der Waals surface area contributed by atoms with Crippen LogP contribution >= 0.6 is 11.8 Å². The molecule has 1 saturated heterocycles. The van der Waals surface area contributed by atoms with Crippen LogP contribution in [0.15, 0.2) is 35.6 Å². The van der Waals surface area contributed by atoms with Gasteiger partial charge in [-0.1, -0.05) is 11.8 Å². The van der Waals surface area contributed by atoms with Crippen LogP contribution < -0.4 is 15.4 Å². The van der Waals surface area contributed by atoms with Gasteiger partial charge in [0.2, 0.25) is 5.91 Å². The van der Waals surface area contributed by atoms with E-state index >= 15 is 0 Å². The number of aromatic nitrogens is 2. The molecule has 2 N–H and O–H groups in total. The molecule has 3 rings (SSSR count). The summed E-state index contributed by atoms with van der Waals surface area (Å²) < 4.78 is 10.1. The number of ether oxygens (including phenoxy) is 2. The number of anilines is 2. The summed E-state index contributed by atoms with van der Waals surface area (Å²) in [6.45, 7) is 4.78. The number of nitrogens with zero attached hydrogens (tertiary/aromatic N) is 4. The highest BCUT2D eigenvalue weighted by molar-refractivity contribution is 7.99. The summed E-state index contributed by atoms with van der Waals surface area (Å²) in [5.74, 6) is 0.540. The fraction of sp³-hybridized carbons (Fsp3) is 0.400. The fourth-order valence-corrected chi connectivity index (χ4v) is 3.76. The van der Waals surface area contributed by atoms with Crippen molar-refractivity contribution in [2.45, 2.75) is 12.1 Å². The lowest BCUT2D eigenvalue weighted by molar-refractivity contribution is -0.128. The molecule has 0 radical (unpaired) electrons. The second-order valence-corrected chi connectivity index (χ2v) is 7.47. The van der Waals surface area contributed by atoms with Gasteiger partial charge in [0.15, 0.2) is 5.16 Å². The first-order chi connectivity index (χ1) is 14.5. The molecule has 2 heterocycles. The van der Waals surface area contributed by atoms with Crippen molar-refractivity contribution in [2.75, 3.05) is 56.3 Å². The van der Waals surface area contributed by atoms with E-state index in [1.54, 1.807) is 14.0 Å². The van der Waals surface area contributed by atoms with E-state index in [1.807, 2.05) is 29.2 Å². The van der Waals surface area contributed by atoms with Gasteiger partial charge in [-0.05, 0) is 31.2 Å². The molecular weight excluding hydrogens is 406 g/mol. The Hall–Kier alpha value is -3.01. The predicted molar refractivity (Wildman–Crippen MR) is 115 cm³/mol. The van der Waals surface area contributed by atoms with Gasteiger partial charge < -0.3 is 25.0 Å². The summed E-state index contributed by atoms with van der Waals surface area (Å²) in [4.78, 5) is 36.6. The largest absolute Gasteiger partial charge is 0.497 e. The molecule has 0 unspecified atom stereocenters. The molecule has 1 aliphatic heterocycles. The molecular formula is C20H25N5O4S. The van der Waals surface area contributed by atoms with Crippen molar-refractivity contribution in [1.82, 2.24) is 14.9 Å². The number of hydrogen-bond acceptors (Lipinski definition) is 9. The number of rotatable bonds is 7. The number of piperazine rings is 1. The normalized spacial score (nSPS) is 13.8. The molecule has 30 heavy (non-hydrogen) atoms. The zero-order valence-corrected chi connectivity index (χ0v) is 17.9. The zero-order chi connectivity index (χ0) is 21.5. The Morgan fingerprint density at radius 1 is 1.17 bits per heavy atom. The molecule has 1 aliphatic rings. The Morgan fingerprint density at radius 2 is 1.87 bits per heavy atom. The Kier molecular flexibility index (Phi) is 7.34. The second-order valence-electron chi connectivity index (χ2n) is 6.53. The SMILES string of the molecule is CCOC(=O)c1cnc(SCC(=O)N2CCN(c3ccc(OC)cc3)CC2)nc1N. The van der Waals surface area contributed by atoms with Crippen LogP contribution in [0, 0.1) is 0 Å². The van der Waals surface area contributed by atoms with Crippen LogP contribution in [-0.2, 0) is 9.53 Å². The number of nitrogen functional groups attached to an aromatic ring is 1. The number of benzene rings is 1. The van der Waals surface area contributed by atoms with Crippen LogP contribution in [0.25, 0.3) is 0 Å². The quantitative estimate of drug-likeness (QED) is 0.398. The minimum absolute atomic E-state index is 0.0195. The van der Waals surface area contributed by atoms with E-state index in [9.17, 15) is 9.59 Å². The highest BCUT2D eigenvalue weighted by atomic mass is 32.2. The first-order valence-electron chi connectivity index (χ1n) is 9.61. The van der Waals surface area contributed by atoms with Crippen molar-refractivity contribution in [1.29, 1.82) is 0 Å².